The number of rotatable bonds is 8. The maximum absolute atomic E-state index is 12.6. The van der Waals surface area contributed by atoms with E-state index in [-0.39, 0.29) is 5.91 Å². The van der Waals surface area contributed by atoms with E-state index in [4.69, 9.17) is 5.10 Å². The molecule has 0 spiro atoms. The highest BCUT2D eigenvalue weighted by molar-refractivity contribution is 5.95. The van der Waals surface area contributed by atoms with Crippen LogP contribution in [-0.4, -0.2) is 27.0 Å². The Bertz CT molecular complexity index is 870. The van der Waals surface area contributed by atoms with Gasteiger partial charge in [0, 0.05) is 24.4 Å². The van der Waals surface area contributed by atoms with E-state index in [0.717, 1.165) is 35.4 Å². The average molecular weight is 350 g/mol. The number of aryl methyl sites for hydroxylation is 1. The van der Waals surface area contributed by atoms with Crippen LogP contribution >= 0.6 is 0 Å². The van der Waals surface area contributed by atoms with Gasteiger partial charge in [0.15, 0.2) is 5.65 Å². The van der Waals surface area contributed by atoms with Gasteiger partial charge in [-0.05, 0) is 12.8 Å². The van der Waals surface area contributed by atoms with Crippen molar-refractivity contribution in [3.63, 3.8) is 0 Å². The molecule has 0 atom stereocenters. The number of hydrogen-bond donors (Lipinski definition) is 1. The summed E-state index contributed by atoms with van der Waals surface area (Å²) in [5.41, 5.74) is 4.17. The number of amides is 1. The topological polar surface area (TPSA) is 59.3 Å². The number of carbonyl (C=O) groups excluding carboxylic acids is 1. The maximum Gasteiger partial charge on any atom is 0.254 e. The summed E-state index contributed by atoms with van der Waals surface area (Å²) in [5.74, 6) is -0.0653. The molecule has 5 nitrogen and oxygen atoms in total. The Morgan fingerprint density at radius 1 is 1.12 bits per heavy atom. The van der Waals surface area contributed by atoms with Gasteiger partial charge in [-0.15, -0.1) is 0 Å². The van der Waals surface area contributed by atoms with Gasteiger partial charge in [0.05, 0.1) is 17.0 Å². The van der Waals surface area contributed by atoms with Crippen LogP contribution in [0.4, 0.5) is 0 Å². The zero-order chi connectivity index (χ0) is 18.4. The van der Waals surface area contributed by atoms with Gasteiger partial charge < -0.3 is 5.32 Å². The molecule has 26 heavy (non-hydrogen) atoms. The smallest absolute Gasteiger partial charge is 0.254 e. The summed E-state index contributed by atoms with van der Waals surface area (Å²) in [5, 5.41) is 7.71. The maximum atomic E-state index is 12.6. The quantitative estimate of drug-likeness (QED) is 0.617. The summed E-state index contributed by atoms with van der Waals surface area (Å²) in [6.07, 6.45) is 6.95. The van der Waals surface area contributed by atoms with Gasteiger partial charge >= 0.3 is 0 Å². The van der Waals surface area contributed by atoms with Crippen LogP contribution in [0.5, 0.6) is 0 Å². The monoisotopic (exact) mass is 350 g/mol. The number of nitrogens with one attached hydrogen (secondary N) is 1. The molecule has 1 N–H and O–H groups in total. The van der Waals surface area contributed by atoms with Gasteiger partial charge in [-0.25, -0.2) is 9.50 Å². The summed E-state index contributed by atoms with van der Waals surface area (Å²) in [4.78, 5) is 17.0. The second-order valence-electron chi connectivity index (χ2n) is 6.45. The minimum absolute atomic E-state index is 0.0653. The molecule has 0 aliphatic rings. The van der Waals surface area contributed by atoms with Crippen LogP contribution in [0.3, 0.4) is 0 Å². The van der Waals surface area contributed by atoms with Crippen molar-refractivity contribution in [2.45, 2.75) is 46.0 Å². The zero-order valence-corrected chi connectivity index (χ0v) is 15.5. The van der Waals surface area contributed by atoms with Crippen molar-refractivity contribution in [2.24, 2.45) is 0 Å². The number of hydrogen-bond acceptors (Lipinski definition) is 3. The number of aromatic nitrogens is 3. The molecule has 0 aliphatic carbocycles. The molecule has 3 aromatic rings. The number of fused-ring (bicyclic) bond motifs is 1. The molecule has 136 valence electrons. The normalized spacial score (nSPS) is 11.0. The lowest BCUT2D eigenvalue weighted by Crippen LogP contribution is -2.26. The molecule has 0 saturated heterocycles. The second-order valence-corrected chi connectivity index (χ2v) is 6.45. The van der Waals surface area contributed by atoms with Gasteiger partial charge in [0.1, 0.15) is 0 Å². The molecule has 5 heteroatoms. The Kier molecular flexibility index (Phi) is 6.00. The molecule has 2 aromatic heterocycles. The lowest BCUT2D eigenvalue weighted by molar-refractivity contribution is 0.0951. The van der Waals surface area contributed by atoms with Crippen molar-refractivity contribution in [1.82, 2.24) is 19.9 Å². The Labute approximate surface area is 154 Å². The molecule has 1 amide bonds. The first-order chi connectivity index (χ1) is 12.7. The lowest BCUT2D eigenvalue weighted by Gasteiger charge is -2.10. The highest BCUT2D eigenvalue weighted by Crippen LogP contribution is 2.20. The Morgan fingerprint density at radius 2 is 1.92 bits per heavy atom. The van der Waals surface area contributed by atoms with E-state index in [9.17, 15) is 4.79 Å². The largest absolute Gasteiger partial charge is 0.352 e. The Balaban J connectivity index is 1.84. The molecule has 0 saturated carbocycles. The second kappa shape index (κ2) is 8.61. The van der Waals surface area contributed by atoms with E-state index >= 15 is 0 Å². The van der Waals surface area contributed by atoms with E-state index < -0.39 is 0 Å². The van der Waals surface area contributed by atoms with Crippen LogP contribution in [0.1, 0.15) is 55.6 Å². The average Bonchev–Trinajstić information content (AvgIpc) is 3.12. The van der Waals surface area contributed by atoms with Crippen LogP contribution in [-0.2, 0) is 6.42 Å². The molecule has 0 fully saturated rings. The zero-order valence-electron chi connectivity index (χ0n) is 15.5. The van der Waals surface area contributed by atoms with E-state index in [1.165, 1.54) is 12.8 Å². The van der Waals surface area contributed by atoms with Gasteiger partial charge in [0.2, 0.25) is 0 Å². The van der Waals surface area contributed by atoms with E-state index in [1.54, 1.807) is 10.7 Å². The number of unbranched alkanes of at least 4 members (excludes halogenated alkanes) is 3. The first-order valence-corrected chi connectivity index (χ1v) is 9.45. The minimum Gasteiger partial charge on any atom is -0.352 e. The van der Waals surface area contributed by atoms with E-state index in [1.807, 2.05) is 43.3 Å². The van der Waals surface area contributed by atoms with Gasteiger partial charge in [-0.3, -0.25) is 4.79 Å². The third-order valence-electron chi connectivity index (χ3n) is 4.55. The van der Waals surface area contributed by atoms with Crippen molar-refractivity contribution < 1.29 is 4.79 Å². The number of nitrogens with zero attached hydrogens (tertiary/aromatic N) is 3. The molecule has 0 aliphatic heterocycles. The fraction of sp³-hybridized carbons (Fsp3) is 0.381. The highest BCUT2D eigenvalue weighted by atomic mass is 16.1. The molecule has 3 rings (SSSR count). The van der Waals surface area contributed by atoms with Crippen LogP contribution in [0, 0.1) is 0 Å². The summed E-state index contributed by atoms with van der Waals surface area (Å²) in [7, 11) is 0. The Hall–Kier alpha value is -2.69. The van der Waals surface area contributed by atoms with Crippen molar-refractivity contribution in [2.75, 3.05) is 6.54 Å². The van der Waals surface area contributed by atoms with Crippen molar-refractivity contribution in [3.8, 4) is 11.3 Å². The summed E-state index contributed by atoms with van der Waals surface area (Å²) < 4.78 is 1.80. The first-order valence-electron chi connectivity index (χ1n) is 9.45. The standard InChI is InChI=1S/C21H26N4O/c1-3-5-6-10-13-22-21(26)17-15-23-20-14-18(16-11-8-7-9-12-16)24-25(20)19(17)4-2/h7-9,11-12,14-15H,3-6,10,13H2,1-2H3,(H,22,26). The van der Waals surface area contributed by atoms with Gasteiger partial charge in [0.25, 0.3) is 5.91 Å². The summed E-state index contributed by atoms with van der Waals surface area (Å²) in [6, 6.07) is 12.0. The SMILES string of the molecule is CCCCCCNC(=O)c1cnc2cc(-c3ccccc3)nn2c1CC. The summed E-state index contributed by atoms with van der Waals surface area (Å²) >= 11 is 0. The van der Waals surface area contributed by atoms with Crippen molar-refractivity contribution in [3.05, 3.63) is 53.9 Å². The number of benzene rings is 1. The molecule has 0 radical (unpaired) electrons. The van der Waals surface area contributed by atoms with Gasteiger partial charge in [-0.1, -0.05) is 63.4 Å². The van der Waals surface area contributed by atoms with Crippen LogP contribution in [0.25, 0.3) is 16.9 Å². The fourth-order valence-electron chi connectivity index (χ4n) is 3.11. The molecule has 0 bridgehead atoms. The molecule has 1 aromatic carbocycles. The van der Waals surface area contributed by atoms with Crippen LogP contribution < -0.4 is 5.32 Å². The molecular formula is C21H26N4O. The summed E-state index contributed by atoms with van der Waals surface area (Å²) in [6.45, 7) is 4.92. The van der Waals surface area contributed by atoms with Crippen molar-refractivity contribution in [1.29, 1.82) is 0 Å². The third kappa shape index (κ3) is 3.93. The fourth-order valence-corrected chi connectivity index (χ4v) is 3.11. The van der Waals surface area contributed by atoms with Crippen LogP contribution in [0.2, 0.25) is 0 Å². The minimum atomic E-state index is -0.0653. The first kappa shape index (κ1) is 18.1. The lowest BCUT2D eigenvalue weighted by atomic mass is 10.1. The molecule has 2 heterocycles. The Morgan fingerprint density at radius 3 is 2.65 bits per heavy atom. The predicted molar refractivity (Wildman–Crippen MR) is 104 cm³/mol. The highest BCUT2D eigenvalue weighted by Gasteiger charge is 2.16. The number of carbonyl (C=O) groups is 1. The molecular weight excluding hydrogens is 324 g/mol. The van der Waals surface area contributed by atoms with E-state index in [0.29, 0.717) is 18.5 Å². The third-order valence-corrected chi connectivity index (χ3v) is 4.55. The predicted octanol–water partition coefficient (Wildman–Crippen LogP) is 4.27. The van der Waals surface area contributed by atoms with Crippen LogP contribution in [0.15, 0.2) is 42.6 Å². The van der Waals surface area contributed by atoms with Gasteiger partial charge in [-0.2, -0.15) is 5.10 Å². The molecule has 0 unspecified atom stereocenters. The van der Waals surface area contributed by atoms with Crippen molar-refractivity contribution >= 4 is 11.6 Å². The van der Waals surface area contributed by atoms with E-state index in [2.05, 4.69) is 17.2 Å².